The number of carbonyl (C=O) groups is 1. The molecule has 3 heteroatoms. The van der Waals surface area contributed by atoms with E-state index in [0.29, 0.717) is 11.3 Å². The number of carboxylic acid groups (broad SMARTS) is 1. The molecule has 0 saturated carbocycles. The lowest BCUT2D eigenvalue weighted by molar-refractivity contribution is 0.0698. The van der Waals surface area contributed by atoms with Crippen LogP contribution in [0.25, 0.3) is 21.9 Å². The summed E-state index contributed by atoms with van der Waals surface area (Å²) in [4.78, 5) is 11.3. The standard InChI is InChI=1S/C17H13NO2/c18-16-12-6-2-1-5-11(12)9-10-14(16)13-7-3-4-8-15(13)17(19)20/h1-10H,18H2,(H,19,20). The molecule has 0 unspecified atom stereocenters. The molecular formula is C17H13NO2. The molecule has 0 heterocycles. The molecule has 0 aliphatic carbocycles. The minimum Gasteiger partial charge on any atom is -0.478 e. The lowest BCUT2D eigenvalue weighted by Crippen LogP contribution is -2.01. The molecule has 3 nitrogen and oxygen atoms in total. The SMILES string of the molecule is Nc1c(-c2ccccc2C(=O)O)ccc2ccccc12. The first-order valence-corrected chi connectivity index (χ1v) is 6.28. The van der Waals surface area contributed by atoms with E-state index >= 15 is 0 Å². The van der Waals surface area contributed by atoms with Crippen LogP contribution in [0.1, 0.15) is 10.4 Å². The van der Waals surface area contributed by atoms with E-state index in [4.69, 9.17) is 5.73 Å². The molecule has 0 aliphatic rings. The van der Waals surface area contributed by atoms with E-state index in [1.807, 2.05) is 42.5 Å². The first kappa shape index (κ1) is 12.2. The fraction of sp³-hybridized carbons (Fsp3) is 0. The molecule has 3 rings (SSSR count). The number of benzene rings is 3. The highest BCUT2D eigenvalue weighted by Crippen LogP contribution is 2.34. The minimum absolute atomic E-state index is 0.259. The van der Waals surface area contributed by atoms with E-state index in [1.165, 1.54) is 0 Å². The summed E-state index contributed by atoms with van der Waals surface area (Å²) in [7, 11) is 0. The fourth-order valence-corrected chi connectivity index (χ4v) is 2.43. The number of aromatic carboxylic acids is 1. The number of hydrogen-bond acceptors (Lipinski definition) is 2. The molecule has 0 bridgehead atoms. The van der Waals surface area contributed by atoms with Crippen molar-refractivity contribution in [2.75, 3.05) is 5.73 Å². The molecule has 0 radical (unpaired) electrons. The van der Waals surface area contributed by atoms with Crippen LogP contribution in [0.4, 0.5) is 5.69 Å². The Morgan fingerprint density at radius 1 is 0.850 bits per heavy atom. The van der Waals surface area contributed by atoms with Gasteiger partial charge in [-0.1, -0.05) is 54.6 Å². The van der Waals surface area contributed by atoms with Gasteiger partial charge in [0.2, 0.25) is 0 Å². The highest BCUT2D eigenvalue weighted by molar-refractivity contribution is 6.04. The number of nitrogen functional groups attached to an aromatic ring is 1. The third kappa shape index (κ3) is 1.89. The van der Waals surface area contributed by atoms with Crippen LogP contribution in [0.2, 0.25) is 0 Å². The van der Waals surface area contributed by atoms with Gasteiger partial charge in [0.25, 0.3) is 0 Å². The maximum Gasteiger partial charge on any atom is 0.336 e. The van der Waals surface area contributed by atoms with Crippen molar-refractivity contribution in [2.45, 2.75) is 0 Å². The second-order valence-electron chi connectivity index (χ2n) is 4.60. The number of hydrogen-bond donors (Lipinski definition) is 2. The van der Waals surface area contributed by atoms with Gasteiger partial charge >= 0.3 is 5.97 Å². The summed E-state index contributed by atoms with van der Waals surface area (Å²) in [5.74, 6) is -0.951. The molecule has 0 spiro atoms. The number of nitrogens with two attached hydrogens (primary N) is 1. The largest absolute Gasteiger partial charge is 0.478 e. The van der Waals surface area contributed by atoms with Crippen LogP contribution >= 0.6 is 0 Å². The van der Waals surface area contributed by atoms with Crippen molar-refractivity contribution in [3.63, 3.8) is 0 Å². The molecule has 0 aromatic heterocycles. The van der Waals surface area contributed by atoms with Crippen molar-refractivity contribution >= 4 is 22.4 Å². The molecule has 0 saturated heterocycles. The first-order chi connectivity index (χ1) is 9.68. The Labute approximate surface area is 116 Å². The zero-order chi connectivity index (χ0) is 14.1. The molecule has 3 aromatic rings. The van der Waals surface area contributed by atoms with E-state index in [-0.39, 0.29) is 5.56 Å². The van der Waals surface area contributed by atoms with Crippen LogP contribution < -0.4 is 5.73 Å². The van der Waals surface area contributed by atoms with Crippen LogP contribution in [0.15, 0.2) is 60.7 Å². The highest BCUT2D eigenvalue weighted by atomic mass is 16.4. The minimum atomic E-state index is -0.951. The van der Waals surface area contributed by atoms with Crippen molar-refractivity contribution in [3.05, 3.63) is 66.2 Å². The maximum atomic E-state index is 11.3. The van der Waals surface area contributed by atoms with E-state index in [2.05, 4.69) is 0 Å². The summed E-state index contributed by atoms with van der Waals surface area (Å²) in [6.45, 7) is 0. The van der Waals surface area contributed by atoms with E-state index in [1.54, 1.807) is 18.2 Å². The van der Waals surface area contributed by atoms with Crippen LogP contribution in [-0.2, 0) is 0 Å². The summed E-state index contributed by atoms with van der Waals surface area (Å²) in [6.07, 6.45) is 0. The predicted molar refractivity (Wildman–Crippen MR) is 80.8 cm³/mol. The quantitative estimate of drug-likeness (QED) is 0.691. The zero-order valence-corrected chi connectivity index (χ0v) is 10.7. The summed E-state index contributed by atoms with van der Waals surface area (Å²) in [5.41, 5.74) is 8.49. The van der Waals surface area contributed by atoms with Crippen molar-refractivity contribution in [1.82, 2.24) is 0 Å². The van der Waals surface area contributed by atoms with E-state index in [9.17, 15) is 9.90 Å². The summed E-state index contributed by atoms with van der Waals surface area (Å²) >= 11 is 0. The Morgan fingerprint density at radius 2 is 1.55 bits per heavy atom. The van der Waals surface area contributed by atoms with Gasteiger partial charge in [-0.2, -0.15) is 0 Å². The summed E-state index contributed by atoms with van der Waals surface area (Å²) in [5, 5.41) is 11.3. The van der Waals surface area contributed by atoms with Crippen LogP contribution in [0.5, 0.6) is 0 Å². The van der Waals surface area contributed by atoms with E-state index in [0.717, 1.165) is 16.3 Å². The van der Waals surface area contributed by atoms with Gasteiger partial charge < -0.3 is 10.8 Å². The molecular weight excluding hydrogens is 250 g/mol. The lowest BCUT2D eigenvalue weighted by Gasteiger charge is -2.11. The predicted octanol–water partition coefficient (Wildman–Crippen LogP) is 3.79. The molecule has 0 amide bonds. The molecule has 3 aromatic carbocycles. The molecule has 0 aliphatic heterocycles. The van der Waals surface area contributed by atoms with Crippen molar-refractivity contribution in [1.29, 1.82) is 0 Å². The Bertz CT molecular complexity index is 809. The van der Waals surface area contributed by atoms with Crippen molar-refractivity contribution in [3.8, 4) is 11.1 Å². The average molecular weight is 263 g/mol. The third-order valence-corrected chi connectivity index (χ3v) is 3.42. The third-order valence-electron chi connectivity index (χ3n) is 3.42. The molecule has 0 fully saturated rings. The lowest BCUT2D eigenvalue weighted by atomic mass is 9.95. The van der Waals surface area contributed by atoms with Gasteiger partial charge in [-0.3, -0.25) is 0 Å². The first-order valence-electron chi connectivity index (χ1n) is 6.28. The molecule has 3 N–H and O–H groups in total. The van der Waals surface area contributed by atoms with Crippen molar-refractivity contribution in [2.24, 2.45) is 0 Å². The number of carboxylic acids is 1. The normalized spacial score (nSPS) is 10.6. The second-order valence-corrected chi connectivity index (χ2v) is 4.60. The Kier molecular flexibility index (Phi) is 2.88. The Balaban J connectivity index is 2.31. The highest BCUT2D eigenvalue weighted by Gasteiger charge is 2.14. The van der Waals surface area contributed by atoms with Crippen LogP contribution in [-0.4, -0.2) is 11.1 Å². The van der Waals surface area contributed by atoms with Gasteiger partial charge in [0.05, 0.1) is 5.56 Å². The summed E-state index contributed by atoms with van der Waals surface area (Å²) in [6, 6.07) is 18.5. The Hall–Kier alpha value is -2.81. The van der Waals surface area contributed by atoms with Gasteiger partial charge in [-0.15, -0.1) is 0 Å². The Morgan fingerprint density at radius 3 is 2.35 bits per heavy atom. The van der Waals surface area contributed by atoms with Gasteiger partial charge in [0.1, 0.15) is 0 Å². The number of anilines is 1. The summed E-state index contributed by atoms with van der Waals surface area (Å²) < 4.78 is 0. The maximum absolute atomic E-state index is 11.3. The topological polar surface area (TPSA) is 63.3 Å². The van der Waals surface area contributed by atoms with Crippen molar-refractivity contribution < 1.29 is 9.90 Å². The van der Waals surface area contributed by atoms with Gasteiger partial charge in [0, 0.05) is 16.6 Å². The number of fused-ring (bicyclic) bond motifs is 1. The van der Waals surface area contributed by atoms with Gasteiger partial charge in [-0.25, -0.2) is 4.79 Å². The fourth-order valence-electron chi connectivity index (χ4n) is 2.43. The van der Waals surface area contributed by atoms with E-state index < -0.39 is 5.97 Å². The van der Waals surface area contributed by atoms with Crippen LogP contribution in [0, 0.1) is 0 Å². The number of rotatable bonds is 2. The zero-order valence-electron chi connectivity index (χ0n) is 10.7. The van der Waals surface area contributed by atoms with Gasteiger partial charge in [0.15, 0.2) is 0 Å². The second kappa shape index (κ2) is 4.70. The van der Waals surface area contributed by atoms with Gasteiger partial charge in [-0.05, 0) is 17.0 Å². The average Bonchev–Trinajstić information content (AvgIpc) is 2.48. The molecule has 20 heavy (non-hydrogen) atoms. The smallest absolute Gasteiger partial charge is 0.336 e. The monoisotopic (exact) mass is 263 g/mol. The molecule has 98 valence electrons. The molecule has 0 atom stereocenters. The van der Waals surface area contributed by atoms with Crippen LogP contribution in [0.3, 0.4) is 0 Å².